The predicted molar refractivity (Wildman–Crippen MR) is 64.4 cm³/mol. The number of nitrogens with two attached hydrogens (primary N) is 1. The van der Waals surface area contributed by atoms with E-state index in [2.05, 4.69) is 15.4 Å². The lowest BCUT2D eigenvalue weighted by Gasteiger charge is -2.01. The van der Waals surface area contributed by atoms with Gasteiger partial charge in [-0.05, 0) is 13.8 Å². The number of thioether (sulfide) groups is 1. The molecule has 6 nitrogen and oxygen atoms in total. The van der Waals surface area contributed by atoms with Crippen molar-refractivity contribution in [3.8, 4) is 0 Å². The van der Waals surface area contributed by atoms with E-state index < -0.39 is 0 Å². The summed E-state index contributed by atoms with van der Waals surface area (Å²) in [5.41, 5.74) is 7.59. The first-order valence-electron chi connectivity index (χ1n) is 5.26. The summed E-state index contributed by atoms with van der Waals surface area (Å²) >= 11 is 1.60. The number of aryl methyl sites for hydroxylation is 2. The maximum Gasteiger partial charge on any atom is 0.191 e. The molecule has 2 N–H and O–H groups in total. The van der Waals surface area contributed by atoms with Gasteiger partial charge in [-0.25, -0.2) is 0 Å². The normalized spacial score (nSPS) is 11.1. The molecule has 0 aliphatic carbocycles. The molecule has 2 rings (SSSR count). The number of nitrogens with zero attached hydrogens (tertiary/aromatic N) is 4. The topological polar surface area (TPSA) is 82.8 Å². The average molecular weight is 253 g/mol. The van der Waals surface area contributed by atoms with Gasteiger partial charge in [-0.1, -0.05) is 16.9 Å². The van der Waals surface area contributed by atoms with Crippen molar-refractivity contribution < 1.29 is 4.52 Å². The summed E-state index contributed by atoms with van der Waals surface area (Å²) in [5, 5.41) is 12.9. The molecule has 2 aromatic rings. The smallest absolute Gasteiger partial charge is 0.191 e. The van der Waals surface area contributed by atoms with Gasteiger partial charge in [0.25, 0.3) is 0 Å². The van der Waals surface area contributed by atoms with Gasteiger partial charge in [0.15, 0.2) is 5.16 Å². The van der Waals surface area contributed by atoms with Crippen LogP contribution in [-0.2, 0) is 19.3 Å². The van der Waals surface area contributed by atoms with Gasteiger partial charge in [0.2, 0.25) is 0 Å². The van der Waals surface area contributed by atoms with Gasteiger partial charge in [0, 0.05) is 18.4 Å². The van der Waals surface area contributed by atoms with E-state index in [4.69, 9.17) is 10.3 Å². The standard InChI is InChI=1S/C10H15N5OS/c1-6-8(7(2)16-14-6)5-17-10-13-12-9(4-11)15(10)3/h4-5,11H2,1-3H3. The molecule has 2 heterocycles. The third kappa shape index (κ3) is 2.34. The van der Waals surface area contributed by atoms with Crippen LogP contribution in [0.4, 0.5) is 0 Å². The molecule has 92 valence electrons. The predicted octanol–water partition coefficient (Wildman–Crippen LogP) is 1.17. The van der Waals surface area contributed by atoms with E-state index in [1.807, 2.05) is 25.5 Å². The molecule has 0 aromatic carbocycles. The molecule has 2 aromatic heterocycles. The van der Waals surface area contributed by atoms with E-state index in [-0.39, 0.29) is 0 Å². The molecule has 0 saturated heterocycles. The molecule has 0 spiro atoms. The van der Waals surface area contributed by atoms with Crippen LogP contribution in [0, 0.1) is 13.8 Å². The molecule has 0 bridgehead atoms. The molecule has 17 heavy (non-hydrogen) atoms. The first-order chi connectivity index (χ1) is 8.13. The van der Waals surface area contributed by atoms with Crippen molar-refractivity contribution in [1.82, 2.24) is 19.9 Å². The average Bonchev–Trinajstić information content (AvgIpc) is 2.82. The quantitative estimate of drug-likeness (QED) is 0.824. The monoisotopic (exact) mass is 253 g/mol. The van der Waals surface area contributed by atoms with Gasteiger partial charge in [0.05, 0.1) is 12.2 Å². The number of rotatable bonds is 4. The Morgan fingerprint density at radius 3 is 2.65 bits per heavy atom. The van der Waals surface area contributed by atoms with Gasteiger partial charge < -0.3 is 14.8 Å². The van der Waals surface area contributed by atoms with E-state index in [0.29, 0.717) is 6.54 Å². The molecule has 0 radical (unpaired) electrons. The minimum Gasteiger partial charge on any atom is -0.361 e. The molecule has 0 saturated carbocycles. The van der Waals surface area contributed by atoms with E-state index in [9.17, 15) is 0 Å². The molecule has 0 aliphatic heterocycles. The highest BCUT2D eigenvalue weighted by atomic mass is 32.2. The van der Waals surface area contributed by atoms with Crippen molar-refractivity contribution in [2.75, 3.05) is 0 Å². The van der Waals surface area contributed by atoms with Gasteiger partial charge in [-0.15, -0.1) is 10.2 Å². The fraction of sp³-hybridized carbons (Fsp3) is 0.500. The maximum absolute atomic E-state index is 5.55. The summed E-state index contributed by atoms with van der Waals surface area (Å²) < 4.78 is 7.02. The molecule has 0 aliphatic rings. The van der Waals surface area contributed by atoms with E-state index in [1.165, 1.54) is 0 Å². The highest BCUT2D eigenvalue weighted by Crippen LogP contribution is 2.24. The summed E-state index contributed by atoms with van der Waals surface area (Å²) in [6.07, 6.45) is 0. The summed E-state index contributed by atoms with van der Waals surface area (Å²) in [6.45, 7) is 4.25. The Morgan fingerprint density at radius 1 is 1.35 bits per heavy atom. The van der Waals surface area contributed by atoms with Crippen LogP contribution >= 0.6 is 11.8 Å². The van der Waals surface area contributed by atoms with Crippen LogP contribution in [0.15, 0.2) is 9.68 Å². The summed E-state index contributed by atoms with van der Waals surface area (Å²) in [6, 6.07) is 0. The second kappa shape index (κ2) is 4.89. The van der Waals surface area contributed by atoms with Crippen molar-refractivity contribution in [2.45, 2.75) is 31.3 Å². The zero-order chi connectivity index (χ0) is 12.4. The Kier molecular flexibility index (Phi) is 3.49. The second-order valence-corrected chi connectivity index (χ2v) is 4.70. The molecule has 0 atom stereocenters. The summed E-state index contributed by atoms with van der Waals surface area (Å²) in [4.78, 5) is 0. The van der Waals surface area contributed by atoms with Crippen LogP contribution in [0.25, 0.3) is 0 Å². The Morgan fingerprint density at radius 2 is 2.12 bits per heavy atom. The van der Waals surface area contributed by atoms with Crippen molar-refractivity contribution in [2.24, 2.45) is 12.8 Å². The lowest BCUT2D eigenvalue weighted by atomic mass is 10.2. The van der Waals surface area contributed by atoms with Gasteiger partial charge in [0.1, 0.15) is 11.6 Å². The second-order valence-electron chi connectivity index (χ2n) is 3.75. The molecule has 0 fully saturated rings. The Bertz CT molecular complexity index is 499. The minimum absolute atomic E-state index is 0.398. The highest BCUT2D eigenvalue weighted by Gasteiger charge is 2.12. The van der Waals surface area contributed by atoms with E-state index >= 15 is 0 Å². The maximum atomic E-state index is 5.55. The van der Waals surface area contributed by atoms with Gasteiger partial charge in [-0.3, -0.25) is 0 Å². The first-order valence-corrected chi connectivity index (χ1v) is 6.25. The van der Waals surface area contributed by atoms with Crippen LogP contribution in [0.1, 0.15) is 22.8 Å². The van der Waals surface area contributed by atoms with Crippen LogP contribution < -0.4 is 5.73 Å². The first kappa shape index (κ1) is 12.1. The lowest BCUT2D eigenvalue weighted by molar-refractivity contribution is 0.392. The summed E-state index contributed by atoms with van der Waals surface area (Å²) in [5.74, 6) is 2.42. The third-order valence-corrected chi connectivity index (χ3v) is 3.68. The fourth-order valence-electron chi connectivity index (χ4n) is 1.49. The summed E-state index contributed by atoms with van der Waals surface area (Å²) in [7, 11) is 1.91. The minimum atomic E-state index is 0.398. The zero-order valence-electron chi connectivity index (χ0n) is 10.1. The van der Waals surface area contributed by atoms with Crippen LogP contribution in [0.5, 0.6) is 0 Å². The largest absolute Gasteiger partial charge is 0.361 e. The molecule has 0 unspecified atom stereocenters. The third-order valence-electron chi connectivity index (χ3n) is 2.63. The van der Waals surface area contributed by atoms with Gasteiger partial charge in [-0.2, -0.15) is 0 Å². The number of hydrogen-bond acceptors (Lipinski definition) is 6. The molecule has 7 heteroatoms. The van der Waals surface area contributed by atoms with Gasteiger partial charge >= 0.3 is 0 Å². The molecular formula is C10H15N5OS. The molecule has 0 amide bonds. The van der Waals surface area contributed by atoms with Crippen molar-refractivity contribution in [1.29, 1.82) is 0 Å². The SMILES string of the molecule is Cc1noc(C)c1CSc1nnc(CN)n1C. The Hall–Kier alpha value is -1.34. The lowest BCUT2D eigenvalue weighted by Crippen LogP contribution is -2.05. The van der Waals surface area contributed by atoms with Crippen molar-refractivity contribution in [3.63, 3.8) is 0 Å². The van der Waals surface area contributed by atoms with Crippen LogP contribution in [0.2, 0.25) is 0 Å². The number of hydrogen-bond donors (Lipinski definition) is 1. The number of aromatic nitrogens is 4. The molecular weight excluding hydrogens is 238 g/mol. The van der Waals surface area contributed by atoms with Crippen LogP contribution in [-0.4, -0.2) is 19.9 Å². The van der Waals surface area contributed by atoms with Crippen molar-refractivity contribution >= 4 is 11.8 Å². The Labute approximate surface area is 104 Å². The van der Waals surface area contributed by atoms with Crippen molar-refractivity contribution in [3.05, 3.63) is 22.8 Å². The Balaban J connectivity index is 2.10. The van der Waals surface area contributed by atoms with E-state index in [0.717, 1.165) is 33.8 Å². The fourth-order valence-corrected chi connectivity index (χ4v) is 2.58. The highest BCUT2D eigenvalue weighted by molar-refractivity contribution is 7.98. The van der Waals surface area contributed by atoms with Crippen LogP contribution in [0.3, 0.4) is 0 Å². The van der Waals surface area contributed by atoms with E-state index in [1.54, 1.807) is 11.8 Å². The zero-order valence-corrected chi connectivity index (χ0v) is 10.9.